The van der Waals surface area contributed by atoms with Gasteiger partial charge >= 0.3 is 0 Å². The highest BCUT2D eigenvalue weighted by molar-refractivity contribution is 7.99. The van der Waals surface area contributed by atoms with Crippen molar-refractivity contribution in [1.29, 1.82) is 0 Å². The number of nitrogens with two attached hydrogens (primary N) is 1. The average molecular weight is 242 g/mol. The van der Waals surface area contributed by atoms with Crippen LogP contribution < -0.4 is 5.73 Å². The molecule has 0 bridgehead atoms. The molecule has 0 saturated carbocycles. The molecule has 0 atom stereocenters. The predicted molar refractivity (Wildman–Crippen MR) is 58.9 cm³/mol. The predicted octanol–water partition coefficient (Wildman–Crippen LogP) is 1.89. The number of nitrogens with zero attached hydrogens (tertiary/aromatic N) is 3. The summed E-state index contributed by atoms with van der Waals surface area (Å²) in [5, 5.41) is 8.48. The first-order chi connectivity index (χ1) is 7.15. The maximum absolute atomic E-state index is 5.74. The zero-order chi connectivity index (χ0) is 10.8. The van der Waals surface area contributed by atoms with Crippen LogP contribution in [-0.2, 0) is 0 Å². The first-order valence-corrected chi connectivity index (χ1v) is 5.32. The minimum absolute atomic E-state index is 0.517. The number of anilines is 1. The number of hydrogen-bond acceptors (Lipinski definition) is 5. The molecule has 0 saturated heterocycles. The molecular weight excluding hydrogens is 234 g/mol. The van der Waals surface area contributed by atoms with Crippen LogP contribution in [0.5, 0.6) is 0 Å². The van der Waals surface area contributed by atoms with Gasteiger partial charge in [0.1, 0.15) is 10.9 Å². The smallest absolute Gasteiger partial charge is 0.214 e. The van der Waals surface area contributed by atoms with E-state index in [1.165, 1.54) is 11.8 Å². The highest BCUT2D eigenvalue weighted by Crippen LogP contribution is 2.28. The van der Waals surface area contributed by atoms with Gasteiger partial charge in [0, 0.05) is 6.20 Å². The second kappa shape index (κ2) is 4.08. The van der Waals surface area contributed by atoms with Crippen LogP contribution in [-0.4, -0.2) is 20.2 Å². The molecule has 2 heterocycles. The topological polar surface area (TPSA) is 80.5 Å². The van der Waals surface area contributed by atoms with E-state index in [9.17, 15) is 0 Å². The van der Waals surface area contributed by atoms with E-state index < -0.39 is 0 Å². The Bertz CT molecular complexity index is 484. The lowest BCUT2D eigenvalue weighted by Crippen LogP contribution is -1.91. The Kier molecular flexibility index (Phi) is 2.79. The van der Waals surface area contributed by atoms with Crippen LogP contribution in [0, 0.1) is 6.92 Å². The number of aromatic amines is 1. The lowest BCUT2D eigenvalue weighted by Gasteiger charge is -2.00. The molecule has 2 aromatic rings. The summed E-state index contributed by atoms with van der Waals surface area (Å²) in [6, 6.07) is 1.65. The second-order valence-electron chi connectivity index (χ2n) is 2.85. The van der Waals surface area contributed by atoms with Crippen molar-refractivity contribution in [3.63, 3.8) is 0 Å². The Hall–Kier alpha value is -1.27. The summed E-state index contributed by atoms with van der Waals surface area (Å²) in [6.45, 7) is 1.83. The summed E-state index contributed by atoms with van der Waals surface area (Å²) in [4.78, 5) is 8.23. The van der Waals surface area contributed by atoms with Gasteiger partial charge in [0.25, 0.3) is 0 Å². The van der Waals surface area contributed by atoms with E-state index in [2.05, 4.69) is 20.2 Å². The molecule has 0 radical (unpaired) electrons. The summed E-state index contributed by atoms with van der Waals surface area (Å²) in [5.74, 6) is 0.755. The minimum Gasteiger partial charge on any atom is -0.396 e. The molecule has 0 aromatic carbocycles. The van der Waals surface area contributed by atoms with Crippen LogP contribution in [0.2, 0.25) is 5.02 Å². The Balaban J connectivity index is 2.24. The molecule has 0 spiro atoms. The van der Waals surface area contributed by atoms with Crippen molar-refractivity contribution in [2.45, 2.75) is 17.1 Å². The first kappa shape index (κ1) is 10.3. The summed E-state index contributed by atoms with van der Waals surface area (Å²) < 4.78 is 0. The van der Waals surface area contributed by atoms with Crippen molar-refractivity contribution in [3.05, 3.63) is 23.1 Å². The zero-order valence-corrected chi connectivity index (χ0v) is 9.43. The SMILES string of the molecule is Cc1nc(Sc2ncc(Cl)cc2N)n[nH]1. The van der Waals surface area contributed by atoms with Crippen molar-refractivity contribution < 1.29 is 0 Å². The molecule has 2 aromatic heterocycles. The second-order valence-corrected chi connectivity index (χ2v) is 4.25. The molecule has 15 heavy (non-hydrogen) atoms. The average Bonchev–Trinajstić information content (AvgIpc) is 2.56. The number of rotatable bonds is 2. The van der Waals surface area contributed by atoms with E-state index in [0.29, 0.717) is 20.9 Å². The van der Waals surface area contributed by atoms with E-state index in [1.54, 1.807) is 12.3 Å². The van der Waals surface area contributed by atoms with Crippen LogP contribution in [0.25, 0.3) is 0 Å². The van der Waals surface area contributed by atoms with E-state index in [-0.39, 0.29) is 0 Å². The van der Waals surface area contributed by atoms with Crippen molar-refractivity contribution in [2.24, 2.45) is 0 Å². The minimum atomic E-state index is 0.517. The largest absolute Gasteiger partial charge is 0.396 e. The maximum Gasteiger partial charge on any atom is 0.214 e. The highest BCUT2D eigenvalue weighted by Gasteiger charge is 2.07. The quantitative estimate of drug-likeness (QED) is 0.839. The van der Waals surface area contributed by atoms with Crippen molar-refractivity contribution >= 4 is 29.1 Å². The maximum atomic E-state index is 5.74. The fourth-order valence-corrected chi connectivity index (χ4v) is 1.88. The van der Waals surface area contributed by atoms with Crippen molar-refractivity contribution in [1.82, 2.24) is 20.2 Å². The Labute approximate surface area is 95.5 Å². The molecule has 3 N–H and O–H groups in total. The Morgan fingerprint density at radius 2 is 2.33 bits per heavy atom. The number of halogens is 1. The number of H-pyrrole nitrogens is 1. The van der Waals surface area contributed by atoms with Gasteiger partial charge in [-0.2, -0.15) is 0 Å². The van der Waals surface area contributed by atoms with Crippen LogP contribution in [0.15, 0.2) is 22.4 Å². The number of hydrogen-bond donors (Lipinski definition) is 2. The van der Waals surface area contributed by atoms with E-state index in [1.807, 2.05) is 6.92 Å². The Morgan fingerprint density at radius 1 is 1.53 bits per heavy atom. The molecule has 2 rings (SSSR count). The van der Waals surface area contributed by atoms with E-state index in [4.69, 9.17) is 17.3 Å². The first-order valence-electron chi connectivity index (χ1n) is 4.13. The summed E-state index contributed by atoms with van der Waals surface area (Å²) in [5.41, 5.74) is 6.27. The van der Waals surface area contributed by atoms with E-state index in [0.717, 1.165) is 5.82 Å². The molecule has 0 aliphatic heterocycles. The van der Waals surface area contributed by atoms with E-state index >= 15 is 0 Å². The molecular formula is C8H8ClN5S. The van der Waals surface area contributed by atoms with Crippen LogP contribution >= 0.6 is 23.4 Å². The molecule has 0 amide bonds. The standard InChI is InChI=1S/C8H8ClN5S/c1-4-12-8(14-13-4)15-7-6(10)2-5(9)3-11-7/h2-3H,10H2,1H3,(H,12,13,14). The van der Waals surface area contributed by atoms with Gasteiger partial charge in [-0.3, -0.25) is 5.10 Å². The third-order valence-electron chi connectivity index (χ3n) is 1.61. The monoisotopic (exact) mass is 241 g/mol. The van der Waals surface area contributed by atoms with Gasteiger partial charge in [-0.05, 0) is 24.8 Å². The number of nitrogen functional groups attached to an aromatic ring is 1. The molecule has 78 valence electrons. The molecule has 0 fully saturated rings. The van der Waals surface area contributed by atoms with Gasteiger partial charge in [-0.25, -0.2) is 9.97 Å². The molecule has 0 aliphatic carbocycles. The van der Waals surface area contributed by atoms with Crippen LogP contribution in [0.3, 0.4) is 0 Å². The molecule has 5 nitrogen and oxygen atoms in total. The van der Waals surface area contributed by atoms with Crippen molar-refractivity contribution in [3.8, 4) is 0 Å². The molecule has 0 aliphatic rings. The summed E-state index contributed by atoms with van der Waals surface area (Å²) >= 11 is 7.03. The van der Waals surface area contributed by atoms with Crippen LogP contribution in [0.4, 0.5) is 5.69 Å². The normalized spacial score (nSPS) is 10.5. The van der Waals surface area contributed by atoms with Crippen molar-refractivity contribution in [2.75, 3.05) is 5.73 Å². The summed E-state index contributed by atoms with van der Waals surface area (Å²) in [7, 11) is 0. The number of nitrogens with one attached hydrogen (secondary N) is 1. The van der Waals surface area contributed by atoms with Gasteiger partial charge in [0.15, 0.2) is 0 Å². The number of pyridine rings is 1. The van der Waals surface area contributed by atoms with Gasteiger partial charge in [0.05, 0.1) is 10.7 Å². The molecule has 7 heteroatoms. The third-order valence-corrected chi connectivity index (χ3v) is 2.72. The highest BCUT2D eigenvalue weighted by atomic mass is 35.5. The number of aryl methyl sites for hydroxylation is 1. The van der Waals surface area contributed by atoms with Crippen LogP contribution in [0.1, 0.15) is 5.82 Å². The van der Waals surface area contributed by atoms with Gasteiger partial charge < -0.3 is 5.73 Å². The van der Waals surface area contributed by atoms with Gasteiger partial charge in [-0.1, -0.05) is 11.6 Å². The lowest BCUT2D eigenvalue weighted by molar-refractivity contribution is 0.965. The lowest BCUT2D eigenvalue weighted by atomic mass is 10.4. The molecule has 0 unspecified atom stereocenters. The fraction of sp³-hybridized carbons (Fsp3) is 0.125. The third kappa shape index (κ3) is 2.40. The van der Waals surface area contributed by atoms with Gasteiger partial charge in [-0.15, -0.1) is 5.10 Å². The summed E-state index contributed by atoms with van der Waals surface area (Å²) in [6.07, 6.45) is 1.54. The zero-order valence-electron chi connectivity index (χ0n) is 7.86. The Morgan fingerprint density at radius 3 is 2.93 bits per heavy atom. The number of aromatic nitrogens is 4. The fourth-order valence-electron chi connectivity index (χ4n) is 0.982. The van der Waals surface area contributed by atoms with Gasteiger partial charge in [0.2, 0.25) is 5.16 Å².